The Morgan fingerprint density at radius 2 is 1.80 bits per heavy atom. The van der Waals surface area contributed by atoms with Crippen LogP contribution in [0.25, 0.3) is 0 Å². The quantitative estimate of drug-likeness (QED) is 0.422. The van der Waals surface area contributed by atoms with Crippen LogP contribution in [0.1, 0.15) is 6.42 Å². The summed E-state index contributed by atoms with van der Waals surface area (Å²) in [5.41, 5.74) is 14.8. The van der Waals surface area contributed by atoms with Crippen LogP contribution in [0.15, 0.2) is 0 Å². The van der Waals surface area contributed by atoms with E-state index in [1.165, 1.54) is 0 Å². The average molecular weight is 145 g/mol. The maximum Gasteiger partial charge on any atom is 0.222 e. The molecule has 0 aromatic rings. The zero-order valence-electron chi connectivity index (χ0n) is 5.54. The fourth-order valence-corrected chi connectivity index (χ4v) is 0.543. The van der Waals surface area contributed by atoms with Crippen molar-refractivity contribution in [1.82, 2.24) is 0 Å². The van der Waals surface area contributed by atoms with Crippen LogP contribution in [0, 0.1) is 5.92 Å². The topological polar surface area (TPSA) is 112 Å². The summed E-state index contributed by atoms with van der Waals surface area (Å²) in [5, 5.41) is 0. The van der Waals surface area contributed by atoms with Crippen molar-refractivity contribution in [1.29, 1.82) is 0 Å². The molecular weight excluding hydrogens is 134 g/mol. The number of amides is 2. The van der Waals surface area contributed by atoms with Crippen LogP contribution >= 0.6 is 0 Å². The summed E-state index contributed by atoms with van der Waals surface area (Å²) in [6, 6.07) is 0. The van der Waals surface area contributed by atoms with Crippen molar-refractivity contribution in [3.63, 3.8) is 0 Å². The Balaban J connectivity index is 3.83. The largest absolute Gasteiger partial charge is 0.370 e. The van der Waals surface area contributed by atoms with Crippen molar-refractivity contribution in [3.8, 4) is 0 Å². The van der Waals surface area contributed by atoms with E-state index >= 15 is 0 Å². The molecule has 10 heavy (non-hydrogen) atoms. The molecule has 0 aromatic carbocycles. The number of hydrogen-bond acceptors (Lipinski definition) is 3. The van der Waals surface area contributed by atoms with Crippen molar-refractivity contribution >= 4 is 11.8 Å². The van der Waals surface area contributed by atoms with Crippen molar-refractivity contribution < 1.29 is 9.59 Å². The molecule has 0 aliphatic carbocycles. The van der Waals surface area contributed by atoms with E-state index in [-0.39, 0.29) is 13.0 Å². The van der Waals surface area contributed by atoms with E-state index in [4.69, 9.17) is 17.2 Å². The van der Waals surface area contributed by atoms with Gasteiger partial charge in [-0.15, -0.1) is 0 Å². The molecule has 0 heterocycles. The minimum Gasteiger partial charge on any atom is -0.370 e. The van der Waals surface area contributed by atoms with Gasteiger partial charge in [0.15, 0.2) is 0 Å². The van der Waals surface area contributed by atoms with E-state index in [9.17, 15) is 9.59 Å². The molecule has 0 bridgehead atoms. The molecule has 1 atom stereocenters. The third kappa shape index (κ3) is 3.03. The van der Waals surface area contributed by atoms with E-state index in [1.54, 1.807) is 0 Å². The van der Waals surface area contributed by atoms with E-state index in [2.05, 4.69) is 0 Å². The van der Waals surface area contributed by atoms with Gasteiger partial charge in [0, 0.05) is 13.0 Å². The fraction of sp³-hybridized carbons (Fsp3) is 0.600. The molecule has 5 heteroatoms. The first-order valence-corrected chi connectivity index (χ1v) is 2.85. The standard InChI is InChI=1S/C5H11N3O2/c6-2-3(5(8)10)1-4(7)9/h3H,1-2,6H2,(H2,7,9)(H2,8,10). The van der Waals surface area contributed by atoms with Crippen LogP contribution in [0.2, 0.25) is 0 Å². The predicted octanol–water partition coefficient (Wildman–Crippen LogP) is -2.08. The van der Waals surface area contributed by atoms with E-state index in [1.807, 2.05) is 0 Å². The minimum atomic E-state index is -0.613. The van der Waals surface area contributed by atoms with Gasteiger partial charge in [-0.05, 0) is 0 Å². The lowest BCUT2D eigenvalue weighted by molar-refractivity contribution is -0.126. The first kappa shape index (κ1) is 8.90. The molecule has 0 aliphatic heterocycles. The molecule has 0 spiro atoms. The fourth-order valence-electron chi connectivity index (χ4n) is 0.543. The van der Waals surface area contributed by atoms with Gasteiger partial charge in [0.2, 0.25) is 11.8 Å². The Hall–Kier alpha value is -1.10. The molecule has 0 saturated heterocycles. The molecule has 0 fully saturated rings. The highest BCUT2D eigenvalue weighted by molar-refractivity contribution is 5.84. The Morgan fingerprint density at radius 3 is 1.90 bits per heavy atom. The summed E-state index contributed by atoms with van der Waals surface area (Å²) < 4.78 is 0. The lowest BCUT2D eigenvalue weighted by atomic mass is 10.1. The second kappa shape index (κ2) is 3.84. The van der Waals surface area contributed by atoms with Crippen LogP contribution < -0.4 is 17.2 Å². The first-order chi connectivity index (χ1) is 4.57. The minimum absolute atomic E-state index is 0.0637. The zero-order chi connectivity index (χ0) is 8.15. The molecule has 5 nitrogen and oxygen atoms in total. The molecular formula is C5H11N3O2. The maximum absolute atomic E-state index is 10.4. The van der Waals surface area contributed by atoms with Crippen LogP contribution in [0.4, 0.5) is 0 Å². The van der Waals surface area contributed by atoms with Crippen molar-refractivity contribution in [3.05, 3.63) is 0 Å². The summed E-state index contributed by atoms with van der Waals surface area (Å²) in [5.74, 6) is -1.76. The molecule has 1 unspecified atom stereocenters. The lowest BCUT2D eigenvalue weighted by Gasteiger charge is -2.05. The van der Waals surface area contributed by atoms with Crippen LogP contribution in [-0.2, 0) is 9.59 Å². The van der Waals surface area contributed by atoms with Crippen molar-refractivity contribution in [2.45, 2.75) is 6.42 Å². The Labute approximate surface area is 58.5 Å². The van der Waals surface area contributed by atoms with Gasteiger partial charge < -0.3 is 17.2 Å². The molecule has 2 amide bonds. The van der Waals surface area contributed by atoms with Crippen LogP contribution in [-0.4, -0.2) is 18.4 Å². The molecule has 0 saturated carbocycles. The molecule has 6 N–H and O–H groups in total. The van der Waals surface area contributed by atoms with Gasteiger partial charge in [0.25, 0.3) is 0 Å². The van der Waals surface area contributed by atoms with Gasteiger partial charge >= 0.3 is 0 Å². The van der Waals surface area contributed by atoms with Gasteiger partial charge in [-0.2, -0.15) is 0 Å². The van der Waals surface area contributed by atoms with Gasteiger partial charge in [0.1, 0.15) is 0 Å². The smallest absolute Gasteiger partial charge is 0.222 e. The zero-order valence-corrected chi connectivity index (χ0v) is 5.54. The number of rotatable bonds is 4. The molecule has 0 radical (unpaired) electrons. The Kier molecular flexibility index (Phi) is 3.42. The van der Waals surface area contributed by atoms with Crippen molar-refractivity contribution in [2.24, 2.45) is 23.1 Å². The number of carbonyl (C=O) groups is 2. The highest BCUT2D eigenvalue weighted by Crippen LogP contribution is 1.97. The lowest BCUT2D eigenvalue weighted by Crippen LogP contribution is -2.33. The normalized spacial score (nSPS) is 12.5. The molecule has 58 valence electrons. The summed E-state index contributed by atoms with van der Waals surface area (Å²) in [6.07, 6.45) is -0.0637. The maximum atomic E-state index is 10.4. The SMILES string of the molecule is NCC(CC(N)=O)C(N)=O. The first-order valence-electron chi connectivity index (χ1n) is 2.85. The number of hydrogen-bond donors (Lipinski definition) is 3. The van der Waals surface area contributed by atoms with Gasteiger partial charge in [0.05, 0.1) is 5.92 Å². The van der Waals surface area contributed by atoms with Gasteiger partial charge in [-0.25, -0.2) is 0 Å². The second-order valence-electron chi connectivity index (χ2n) is 2.01. The monoisotopic (exact) mass is 145 g/mol. The highest BCUT2D eigenvalue weighted by atomic mass is 16.2. The average Bonchev–Trinajstić information content (AvgIpc) is 1.81. The molecule has 0 aliphatic rings. The summed E-state index contributed by atoms with van der Waals surface area (Å²) in [6.45, 7) is 0.0677. The van der Waals surface area contributed by atoms with Gasteiger partial charge in [-0.3, -0.25) is 9.59 Å². The van der Waals surface area contributed by atoms with Gasteiger partial charge in [-0.1, -0.05) is 0 Å². The van der Waals surface area contributed by atoms with E-state index < -0.39 is 17.7 Å². The third-order valence-electron chi connectivity index (χ3n) is 1.13. The predicted molar refractivity (Wildman–Crippen MR) is 35.6 cm³/mol. The summed E-state index contributed by atoms with van der Waals surface area (Å²) in [4.78, 5) is 20.6. The molecule has 0 rings (SSSR count). The highest BCUT2D eigenvalue weighted by Gasteiger charge is 2.15. The molecule has 0 aromatic heterocycles. The third-order valence-corrected chi connectivity index (χ3v) is 1.13. The van der Waals surface area contributed by atoms with Crippen molar-refractivity contribution in [2.75, 3.05) is 6.54 Å². The number of primary amides is 2. The second-order valence-corrected chi connectivity index (χ2v) is 2.01. The van der Waals surface area contributed by atoms with E-state index in [0.717, 1.165) is 0 Å². The number of nitrogens with two attached hydrogens (primary N) is 3. The van der Waals surface area contributed by atoms with Crippen LogP contribution in [0.5, 0.6) is 0 Å². The van der Waals surface area contributed by atoms with Crippen LogP contribution in [0.3, 0.4) is 0 Å². The Bertz CT molecular complexity index is 146. The Morgan fingerprint density at radius 1 is 1.30 bits per heavy atom. The van der Waals surface area contributed by atoms with E-state index in [0.29, 0.717) is 0 Å². The number of carbonyl (C=O) groups excluding carboxylic acids is 2. The summed E-state index contributed by atoms with van der Waals surface area (Å²) in [7, 11) is 0. The summed E-state index contributed by atoms with van der Waals surface area (Å²) >= 11 is 0.